The van der Waals surface area contributed by atoms with E-state index in [0.29, 0.717) is 13.0 Å². The molecule has 1 aliphatic heterocycles. The van der Waals surface area contributed by atoms with Gasteiger partial charge in [0.05, 0.1) is 5.92 Å². The minimum absolute atomic E-state index is 0.157. The first-order valence-electron chi connectivity index (χ1n) is 5.22. The summed E-state index contributed by atoms with van der Waals surface area (Å²) < 4.78 is 37.5. The lowest BCUT2D eigenvalue weighted by molar-refractivity contribution is -0.178. The molecule has 0 aromatic rings. The maximum atomic E-state index is 12.5. The molecule has 0 bridgehead atoms. The molecule has 1 aliphatic rings. The number of hydrogen-bond donors (Lipinski definition) is 0. The van der Waals surface area contributed by atoms with Gasteiger partial charge >= 0.3 is 6.18 Å². The van der Waals surface area contributed by atoms with Crippen molar-refractivity contribution in [3.63, 3.8) is 0 Å². The highest BCUT2D eigenvalue weighted by atomic mass is 19.4. The van der Waals surface area contributed by atoms with Crippen LogP contribution in [0.5, 0.6) is 0 Å². The molecule has 4 heteroatoms. The molecule has 0 saturated carbocycles. The normalized spacial score (nSPS) is 31.5. The first-order valence-corrected chi connectivity index (χ1v) is 5.22. The van der Waals surface area contributed by atoms with Crippen molar-refractivity contribution in [3.8, 4) is 0 Å². The van der Waals surface area contributed by atoms with Gasteiger partial charge in [0, 0.05) is 6.54 Å². The summed E-state index contributed by atoms with van der Waals surface area (Å²) in [7, 11) is 0. The van der Waals surface area contributed by atoms with Crippen molar-refractivity contribution in [2.75, 3.05) is 19.6 Å². The van der Waals surface area contributed by atoms with Crippen molar-refractivity contribution in [1.82, 2.24) is 4.90 Å². The smallest absolute Gasteiger partial charge is 0.303 e. The quantitative estimate of drug-likeness (QED) is 0.641. The van der Waals surface area contributed by atoms with E-state index in [9.17, 15) is 13.2 Å². The second-order valence-corrected chi connectivity index (χ2v) is 4.26. The Kier molecular flexibility index (Phi) is 3.81. The van der Waals surface area contributed by atoms with Gasteiger partial charge in [0.2, 0.25) is 0 Å². The van der Waals surface area contributed by atoms with Crippen molar-refractivity contribution < 1.29 is 13.2 Å². The van der Waals surface area contributed by atoms with Crippen molar-refractivity contribution in [2.24, 2.45) is 11.8 Å². The van der Waals surface area contributed by atoms with Crippen LogP contribution in [0.4, 0.5) is 13.2 Å². The lowest BCUT2D eigenvalue weighted by Crippen LogP contribution is -2.27. The highest BCUT2D eigenvalue weighted by molar-refractivity contribution is 4.77. The maximum Gasteiger partial charge on any atom is 0.391 e. The molecular formula is C10H18F3N. The SMILES string of the molecule is CCN1CCC(C(F)(F)F)CC(C)C1. The lowest BCUT2D eigenvalue weighted by Gasteiger charge is -2.19. The second kappa shape index (κ2) is 4.51. The van der Waals surface area contributed by atoms with Crippen LogP contribution in [-0.2, 0) is 0 Å². The van der Waals surface area contributed by atoms with Gasteiger partial charge in [-0.3, -0.25) is 0 Å². The zero-order valence-electron chi connectivity index (χ0n) is 8.77. The number of nitrogens with zero attached hydrogens (tertiary/aromatic N) is 1. The fraction of sp³-hybridized carbons (Fsp3) is 1.00. The Hall–Kier alpha value is -0.250. The van der Waals surface area contributed by atoms with Crippen LogP contribution in [0.25, 0.3) is 0 Å². The summed E-state index contributed by atoms with van der Waals surface area (Å²) in [5.41, 5.74) is 0. The Morgan fingerprint density at radius 1 is 1.36 bits per heavy atom. The molecule has 0 radical (unpaired) electrons. The minimum Gasteiger partial charge on any atom is -0.303 e. The molecule has 1 saturated heterocycles. The van der Waals surface area contributed by atoms with Crippen LogP contribution in [0.3, 0.4) is 0 Å². The molecule has 1 rings (SSSR count). The summed E-state index contributed by atoms with van der Waals surface area (Å²) in [4.78, 5) is 2.11. The third-order valence-electron chi connectivity index (χ3n) is 2.96. The Morgan fingerprint density at radius 2 is 2.00 bits per heavy atom. The van der Waals surface area contributed by atoms with Gasteiger partial charge in [0.25, 0.3) is 0 Å². The maximum absolute atomic E-state index is 12.5. The van der Waals surface area contributed by atoms with E-state index in [1.165, 1.54) is 0 Å². The van der Waals surface area contributed by atoms with Gasteiger partial charge in [-0.2, -0.15) is 13.2 Å². The fourth-order valence-electron chi connectivity index (χ4n) is 2.13. The predicted octanol–water partition coefficient (Wildman–Crippen LogP) is 2.92. The van der Waals surface area contributed by atoms with Gasteiger partial charge < -0.3 is 4.90 Å². The summed E-state index contributed by atoms with van der Waals surface area (Å²) in [6, 6.07) is 0. The Labute approximate surface area is 83.3 Å². The first kappa shape index (κ1) is 11.8. The lowest BCUT2D eigenvalue weighted by atomic mass is 9.94. The third kappa shape index (κ3) is 3.15. The van der Waals surface area contributed by atoms with Gasteiger partial charge in [-0.1, -0.05) is 13.8 Å². The van der Waals surface area contributed by atoms with E-state index >= 15 is 0 Å². The van der Waals surface area contributed by atoms with Gasteiger partial charge in [0.1, 0.15) is 0 Å². The molecule has 0 aliphatic carbocycles. The van der Waals surface area contributed by atoms with E-state index < -0.39 is 12.1 Å². The molecule has 0 N–H and O–H groups in total. The Balaban J connectivity index is 2.58. The molecule has 0 aromatic heterocycles. The highest BCUT2D eigenvalue weighted by Crippen LogP contribution is 2.35. The molecule has 2 unspecified atom stereocenters. The van der Waals surface area contributed by atoms with Gasteiger partial charge in [-0.15, -0.1) is 0 Å². The standard InChI is InChI=1S/C10H18F3N/c1-3-14-5-4-9(10(11,12)13)6-8(2)7-14/h8-9H,3-7H2,1-2H3. The van der Waals surface area contributed by atoms with Crippen molar-refractivity contribution in [1.29, 1.82) is 0 Å². The van der Waals surface area contributed by atoms with E-state index in [1.54, 1.807) is 0 Å². The van der Waals surface area contributed by atoms with Crippen molar-refractivity contribution >= 4 is 0 Å². The Bertz CT molecular complexity index is 179. The van der Waals surface area contributed by atoms with Crippen LogP contribution in [0.15, 0.2) is 0 Å². The predicted molar refractivity (Wildman–Crippen MR) is 50.1 cm³/mol. The monoisotopic (exact) mass is 209 g/mol. The summed E-state index contributed by atoms with van der Waals surface area (Å²) in [5.74, 6) is -0.932. The minimum atomic E-state index is -4.00. The second-order valence-electron chi connectivity index (χ2n) is 4.26. The molecule has 0 spiro atoms. The van der Waals surface area contributed by atoms with E-state index in [-0.39, 0.29) is 12.3 Å². The third-order valence-corrected chi connectivity index (χ3v) is 2.96. The summed E-state index contributed by atoms with van der Waals surface area (Å²) >= 11 is 0. The van der Waals surface area contributed by atoms with Gasteiger partial charge in [-0.25, -0.2) is 0 Å². The Morgan fingerprint density at radius 3 is 2.50 bits per heavy atom. The van der Waals surface area contributed by atoms with Crippen LogP contribution in [0.2, 0.25) is 0 Å². The van der Waals surface area contributed by atoms with Crippen molar-refractivity contribution in [3.05, 3.63) is 0 Å². The first-order chi connectivity index (χ1) is 6.43. The summed E-state index contributed by atoms with van der Waals surface area (Å²) in [6.07, 6.45) is -3.44. The molecular weight excluding hydrogens is 191 g/mol. The van der Waals surface area contributed by atoms with E-state index in [2.05, 4.69) is 4.90 Å². The van der Waals surface area contributed by atoms with E-state index in [1.807, 2.05) is 13.8 Å². The summed E-state index contributed by atoms with van der Waals surface area (Å²) in [5, 5.41) is 0. The largest absolute Gasteiger partial charge is 0.391 e. The number of rotatable bonds is 1. The zero-order valence-corrected chi connectivity index (χ0v) is 8.77. The van der Waals surface area contributed by atoms with Crippen molar-refractivity contribution in [2.45, 2.75) is 32.9 Å². The van der Waals surface area contributed by atoms with E-state index in [4.69, 9.17) is 0 Å². The summed E-state index contributed by atoms with van der Waals surface area (Å²) in [6.45, 7) is 6.16. The number of likely N-dealkylation sites (tertiary alicyclic amines) is 1. The molecule has 1 fully saturated rings. The molecule has 84 valence electrons. The number of alkyl halides is 3. The molecule has 0 amide bonds. The van der Waals surface area contributed by atoms with Crippen LogP contribution < -0.4 is 0 Å². The van der Waals surface area contributed by atoms with Gasteiger partial charge in [-0.05, 0) is 31.8 Å². The molecule has 1 heterocycles. The highest BCUT2D eigenvalue weighted by Gasteiger charge is 2.41. The van der Waals surface area contributed by atoms with Crippen LogP contribution in [-0.4, -0.2) is 30.7 Å². The number of hydrogen-bond acceptors (Lipinski definition) is 1. The number of halogens is 3. The molecule has 2 atom stereocenters. The zero-order chi connectivity index (χ0) is 10.8. The van der Waals surface area contributed by atoms with Crippen LogP contribution >= 0.6 is 0 Å². The van der Waals surface area contributed by atoms with Crippen LogP contribution in [0, 0.1) is 11.8 Å². The van der Waals surface area contributed by atoms with Crippen LogP contribution in [0.1, 0.15) is 26.7 Å². The average molecular weight is 209 g/mol. The van der Waals surface area contributed by atoms with E-state index in [0.717, 1.165) is 13.1 Å². The topological polar surface area (TPSA) is 3.24 Å². The molecule has 0 aromatic carbocycles. The average Bonchev–Trinajstić information content (AvgIpc) is 2.25. The molecule has 14 heavy (non-hydrogen) atoms. The fourth-order valence-corrected chi connectivity index (χ4v) is 2.13. The molecule has 1 nitrogen and oxygen atoms in total. The van der Waals surface area contributed by atoms with Gasteiger partial charge in [0.15, 0.2) is 0 Å².